The van der Waals surface area contributed by atoms with Crippen molar-refractivity contribution in [1.82, 2.24) is 0 Å². The van der Waals surface area contributed by atoms with Gasteiger partial charge < -0.3 is 10.2 Å². The Bertz CT molecular complexity index is 331. The minimum atomic E-state index is 0.235. The highest BCUT2D eigenvalue weighted by Crippen LogP contribution is 2.42. The highest BCUT2D eigenvalue weighted by atomic mass is 16.3. The van der Waals surface area contributed by atoms with Gasteiger partial charge in [-0.25, -0.2) is 0 Å². The van der Waals surface area contributed by atoms with Crippen LogP contribution in [0.5, 0.6) is 5.75 Å². The number of phenols is 1. The van der Waals surface area contributed by atoms with Crippen molar-refractivity contribution in [2.24, 2.45) is 0 Å². The Labute approximate surface area is 77.8 Å². The summed E-state index contributed by atoms with van der Waals surface area (Å²) in [6.45, 7) is 2.18. The standard InChI is InChI=1S/C11H14O2/c1-7-10(13)3-2-8-6-9(4-5-12)11(7)8/h2-3,9,12-13H,4-6H2,1H3. The van der Waals surface area contributed by atoms with Crippen LogP contribution in [0.25, 0.3) is 0 Å². The second kappa shape index (κ2) is 3.04. The Morgan fingerprint density at radius 3 is 2.92 bits per heavy atom. The third-order valence-corrected chi connectivity index (χ3v) is 2.93. The van der Waals surface area contributed by atoms with Crippen LogP contribution in [-0.4, -0.2) is 16.8 Å². The van der Waals surface area contributed by atoms with E-state index in [4.69, 9.17) is 5.11 Å². The Balaban J connectivity index is 2.34. The molecule has 0 spiro atoms. The number of aromatic hydroxyl groups is 1. The van der Waals surface area contributed by atoms with Crippen molar-refractivity contribution >= 4 is 0 Å². The molecule has 0 amide bonds. The third-order valence-electron chi connectivity index (χ3n) is 2.93. The van der Waals surface area contributed by atoms with Crippen molar-refractivity contribution < 1.29 is 10.2 Å². The van der Waals surface area contributed by atoms with Gasteiger partial charge in [-0.1, -0.05) is 6.07 Å². The molecule has 13 heavy (non-hydrogen) atoms. The summed E-state index contributed by atoms with van der Waals surface area (Å²) < 4.78 is 0. The van der Waals surface area contributed by atoms with Crippen LogP contribution in [0.15, 0.2) is 12.1 Å². The van der Waals surface area contributed by atoms with Gasteiger partial charge in [0.2, 0.25) is 0 Å². The molecular weight excluding hydrogens is 164 g/mol. The summed E-state index contributed by atoms with van der Waals surface area (Å²) in [5.41, 5.74) is 3.57. The first kappa shape index (κ1) is 8.57. The van der Waals surface area contributed by atoms with Crippen molar-refractivity contribution in [2.75, 3.05) is 6.61 Å². The molecular formula is C11H14O2. The van der Waals surface area contributed by atoms with Gasteiger partial charge in [0.15, 0.2) is 0 Å². The van der Waals surface area contributed by atoms with Gasteiger partial charge in [-0.05, 0) is 48.4 Å². The van der Waals surface area contributed by atoms with Crippen molar-refractivity contribution in [3.63, 3.8) is 0 Å². The molecule has 2 rings (SSSR count). The highest BCUT2D eigenvalue weighted by Gasteiger charge is 2.28. The number of phenolic OH excluding ortho intramolecular Hbond substituents is 1. The molecule has 2 heteroatoms. The van der Waals surface area contributed by atoms with E-state index in [0.29, 0.717) is 11.7 Å². The van der Waals surface area contributed by atoms with Crippen molar-refractivity contribution in [3.05, 3.63) is 28.8 Å². The molecule has 0 aromatic heterocycles. The number of hydrogen-bond acceptors (Lipinski definition) is 2. The van der Waals surface area contributed by atoms with E-state index in [1.54, 1.807) is 6.07 Å². The van der Waals surface area contributed by atoms with Crippen LogP contribution < -0.4 is 0 Å². The fourth-order valence-electron chi connectivity index (χ4n) is 2.16. The van der Waals surface area contributed by atoms with Crippen molar-refractivity contribution in [2.45, 2.75) is 25.7 Å². The normalized spacial score (nSPS) is 19.4. The summed E-state index contributed by atoms with van der Waals surface area (Å²) in [4.78, 5) is 0. The van der Waals surface area contributed by atoms with Crippen LogP contribution in [0.4, 0.5) is 0 Å². The van der Waals surface area contributed by atoms with E-state index >= 15 is 0 Å². The van der Waals surface area contributed by atoms with E-state index in [0.717, 1.165) is 18.4 Å². The second-order valence-electron chi connectivity index (χ2n) is 3.70. The lowest BCUT2D eigenvalue weighted by Crippen LogP contribution is -2.19. The molecule has 0 radical (unpaired) electrons. The third kappa shape index (κ3) is 1.22. The maximum absolute atomic E-state index is 9.48. The highest BCUT2D eigenvalue weighted by molar-refractivity contribution is 5.51. The van der Waals surface area contributed by atoms with Gasteiger partial charge in [-0.3, -0.25) is 0 Å². The number of rotatable bonds is 2. The van der Waals surface area contributed by atoms with Gasteiger partial charge in [0, 0.05) is 6.61 Å². The Kier molecular flexibility index (Phi) is 2.00. The smallest absolute Gasteiger partial charge is 0.118 e. The molecule has 1 aromatic carbocycles. The van der Waals surface area contributed by atoms with Crippen molar-refractivity contribution in [3.8, 4) is 5.75 Å². The quantitative estimate of drug-likeness (QED) is 0.724. The van der Waals surface area contributed by atoms with Crippen LogP contribution in [-0.2, 0) is 6.42 Å². The van der Waals surface area contributed by atoms with Gasteiger partial charge in [-0.2, -0.15) is 0 Å². The van der Waals surface area contributed by atoms with Gasteiger partial charge in [0.05, 0.1) is 0 Å². The fraction of sp³-hybridized carbons (Fsp3) is 0.455. The zero-order valence-electron chi connectivity index (χ0n) is 7.75. The SMILES string of the molecule is Cc1c(O)ccc2c1C(CCO)C2. The largest absolute Gasteiger partial charge is 0.508 e. The monoisotopic (exact) mass is 178 g/mol. The number of hydrogen-bond donors (Lipinski definition) is 2. The molecule has 2 nitrogen and oxygen atoms in total. The summed E-state index contributed by atoms with van der Waals surface area (Å²) in [5.74, 6) is 0.841. The van der Waals surface area contributed by atoms with Crippen LogP contribution >= 0.6 is 0 Å². The lowest BCUT2D eigenvalue weighted by Gasteiger charge is -2.32. The number of aliphatic hydroxyl groups is 1. The van der Waals surface area contributed by atoms with E-state index in [9.17, 15) is 5.11 Å². The molecule has 0 bridgehead atoms. The average molecular weight is 178 g/mol. The van der Waals surface area contributed by atoms with Crippen LogP contribution in [0.1, 0.15) is 29.0 Å². The van der Waals surface area contributed by atoms with E-state index in [1.807, 2.05) is 13.0 Å². The summed E-state index contributed by atoms with van der Waals surface area (Å²) in [6.07, 6.45) is 1.87. The van der Waals surface area contributed by atoms with Crippen LogP contribution in [0.2, 0.25) is 0 Å². The second-order valence-corrected chi connectivity index (χ2v) is 3.70. The van der Waals surface area contributed by atoms with Crippen LogP contribution in [0, 0.1) is 6.92 Å². The topological polar surface area (TPSA) is 40.5 Å². The molecule has 1 atom stereocenters. The fourth-order valence-corrected chi connectivity index (χ4v) is 2.16. The Morgan fingerprint density at radius 2 is 2.23 bits per heavy atom. The molecule has 0 saturated carbocycles. The van der Waals surface area contributed by atoms with E-state index in [2.05, 4.69) is 0 Å². The van der Waals surface area contributed by atoms with E-state index in [-0.39, 0.29) is 6.61 Å². The molecule has 0 heterocycles. The summed E-state index contributed by atoms with van der Waals surface area (Å²) in [6, 6.07) is 3.73. The summed E-state index contributed by atoms with van der Waals surface area (Å²) in [7, 11) is 0. The minimum Gasteiger partial charge on any atom is -0.508 e. The average Bonchev–Trinajstić information content (AvgIpc) is 2.07. The first-order valence-corrected chi connectivity index (χ1v) is 4.66. The molecule has 0 aliphatic heterocycles. The maximum atomic E-state index is 9.48. The molecule has 1 unspecified atom stereocenters. The first-order chi connectivity index (χ1) is 6.24. The van der Waals surface area contributed by atoms with Crippen LogP contribution in [0.3, 0.4) is 0 Å². The number of fused-ring (bicyclic) bond motifs is 1. The number of benzene rings is 1. The molecule has 70 valence electrons. The van der Waals surface area contributed by atoms with E-state index in [1.165, 1.54) is 11.1 Å². The van der Waals surface area contributed by atoms with E-state index < -0.39 is 0 Å². The maximum Gasteiger partial charge on any atom is 0.118 e. The van der Waals surface area contributed by atoms with Gasteiger partial charge in [0.1, 0.15) is 5.75 Å². The minimum absolute atomic E-state index is 0.235. The zero-order valence-corrected chi connectivity index (χ0v) is 7.75. The Hall–Kier alpha value is -1.02. The van der Waals surface area contributed by atoms with Gasteiger partial charge in [0.25, 0.3) is 0 Å². The molecule has 2 N–H and O–H groups in total. The number of aliphatic hydroxyl groups excluding tert-OH is 1. The molecule has 1 aliphatic rings. The van der Waals surface area contributed by atoms with Crippen molar-refractivity contribution in [1.29, 1.82) is 0 Å². The summed E-state index contributed by atoms with van der Waals surface area (Å²) >= 11 is 0. The first-order valence-electron chi connectivity index (χ1n) is 4.66. The molecule has 0 saturated heterocycles. The zero-order chi connectivity index (χ0) is 9.42. The lowest BCUT2D eigenvalue weighted by atomic mass is 9.73. The Morgan fingerprint density at radius 1 is 1.46 bits per heavy atom. The molecule has 1 aliphatic carbocycles. The molecule has 1 aromatic rings. The predicted octanol–water partition coefficient (Wildman–Crippen LogP) is 1.72. The lowest BCUT2D eigenvalue weighted by molar-refractivity contribution is 0.269. The summed E-state index contributed by atoms with van der Waals surface area (Å²) in [5, 5.41) is 18.3. The van der Waals surface area contributed by atoms with Gasteiger partial charge in [-0.15, -0.1) is 0 Å². The molecule has 0 fully saturated rings. The van der Waals surface area contributed by atoms with Gasteiger partial charge >= 0.3 is 0 Å². The predicted molar refractivity (Wildman–Crippen MR) is 51.0 cm³/mol.